The van der Waals surface area contributed by atoms with Crippen LogP contribution in [0.4, 0.5) is 10.5 Å². The van der Waals surface area contributed by atoms with Gasteiger partial charge in [-0.3, -0.25) is 4.79 Å². The van der Waals surface area contributed by atoms with E-state index in [1.807, 2.05) is 13.0 Å². The number of amides is 3. The predicted octanol–water partition coefficient (Wildman–Crippen LogP) is 3.54. The van der Waals surface area contributed by atoms with E-state index in [0.717, 1.165) is 9.87 Å². The highest BCUT2D eigenvalue weighted by molar-refractivity contribution is 7.89. The van der Waals surface area contributed by atoms with Crippen molar-refractivity contribution in [2.75, 3.05) is 45.6 Å². The number of urea groups is 1. The largest absolute Gasteiger partial charge is 0.335 e. The molecule has 0 saturated carbocycles. The number of halogens is 2. The zero-order valence-corrected chi connectivity index (χ0v) is 20.3. The first-order valence-corrected chi connectivity index (χ1v) is 12.0. The average Bonchev–Trinajstić information content (AvgIpc) is 2.76. The molecule has 1 aliphatic rings. The SMILES string of the molecule is Cc1ccc(NC(=O)N2CCN(C(=O)c3cc(S(=O)(=O)N(C)C)ccc3Cl)CC2)cc1Cl. The third kappa shape index (κ3) is 5.17. The Morgan fingerprint density at radius 3 is 2.16 bits per heavy atom. The zero-order valence-electron chi connectivity index (χ0n) is 17.9. The number of hydrogen-bond acceptors (Lipinski definition) is 4. The highest BCUT2D eigenvalue weighted by Gasteiger charge is 2.27. The summed E-state index contributed by atoms with van der Waals surface area (Å²) >= 11 is 12.3. The number of anilines is 1. The maximum atomic E-state index is 13.0. The fourth-order valence-electron chi connectivity index (χ4n) is 3.20. The van der Waals surface area contributed by atoms with Gasteiger partial charge in [0.25, 0.3) is 5.91 Å². The number of carbonyl (C=O) groups is 2. The number of benzene rings is 2. The molecule has 0 aromatic heterocycles. The van der Waals surface area contributed by atoms with Crippen molar-refractivity contribution in [2.24, 2.45) is 0 Å². The van der Waals surface area contributed by atoms with Crippen LogP contribution in [0.3, 0.4) is 0 Å². The number of piperazine rings is 1. The number of hydrogen-bond donors (Lipinski definition) is 1. The molecule has 0 radical (unpaired) electrons. The highest BCUT2D eigenvalue weighted by Crippen LogP contribution is 2.24. The van der Waals surface area contributed by atoms with Crippen molar-refractivity contribution in [2.45, 2.75) is 11.8 Å². The average molecular weight is 499 g/mol. The van der Waals surface area contributed by atoms with Gasteiger partial charge in [0.15, 0.2) is 0 Å². The van der Waals surface area contributed by atoms with Gasteiger partial charge in [-0.15, -0.1) is 0 Å². The van der Waals surface area contributed by atoms with Crippen molar-refractivity contribution < 1.29 is 18.0 Å². The van der Waals surface area contributed by atoms with E-state index in [1.165, 1.54) is 32.3 Å². The van der Waals surface area contributed by atoms with Crippen LogP contribution in [-0.2, 0) is 10.0 Å². The fraction of sp³-hybridized carbons (Fsp3) is 0.333. The van der Waals surface area contributed by atoms with Crippen molar-refractivity contribution >= 4 is 50.9 Å². The molecule has 11 heteroatoms. The van der Waals surface area contributed by atoms with E-state index in [1.54, 1.807) is 21.9 Å². The van der Waals surface area contributed by atoms with Crippen LogP contribution in [0, 0.1) is 6.92 Å². The summed E-state index contributed by atoms with van der Waals surface area (Å²) < 4.78 is 25.9. The van der Waals surface area contributed by atoms with Gasteiger partial charge in [-0.1, -0.05) is 29.3 Å². The van der Waals surface area contributed by atoms with Crippen LogP contribution in [0.5, 0.6) is 0 Å². The van der Waals surface area contributed by atoms with E-state index < -0.39 is 10.0 Å². The van der Waals surface area contributed by atoms with E-state index in [2.05, 4.69) is 5.32 Å². The van der Waals surface area contributed by atoms with Crippen LogP contribution < -0.4 is 5.32 Å². The lowest BCUT2D eigenvalue weighted by atomic mass is 10.2. The summed E-state index contributed by atoms with van der Waals surface area (Å²) in [5, 5.41) is 3.54. The van der Waals surface area contributed by atoms with Crippen LogP contribution in [0.15, 0.2) is 41.3 Å². The van der Waals surface area contributed by atoms with E-state index >= 15 is 0 Å². The van der Waals surface area contributed by atoms with Gasteiger partial charge in [-0.05, 0) is 42.8 Å². The predicted molar refractivity (Wildman–Crippen MR) is 125 cm³/mol. The van der Waals surface area contributed by atoms with Gasteiger partial charge >= 0.3 is 6.03 Å². The molecule has 1 aliphatic heterocycles. The maximum Gasteiger partial charge on any atom is 0.321 e. The smallest absolute Gasteiger partial charge is 0.321 e. The van der Waals surface area contributed by atoms with Gasteiger partial charge in [0.2, 0.25) is 10.0 Å². The molecule has 3 rings (SSSR count). The van der Waals surface area contributed by atoms with Gasteiger partial charge in [0, 0.05) is 51.0 Å². The Labute approximate surface area is 197 Å². The van der Waals surface area contributed by atoms with Crippen LogP contribution in [0.25, 0.3) is 0 Å². The highest BCUT2D eigenvalue weighted by atomic mass is 35.5. The van der Waals surface area contributed by atoms with Crippen LogP contribution >= 0.6 is 23.2 Å². The van der Waals surface area contributed by atoms with Gasteiger partial charge in [-0.2, -0.15) is 0 Å². The van der Waals surface area contributed by atoms with E-state index in [4.69, 9.17) is 23.2 Å². The molecule has 1 fully saturated rings. The molecule has 32 heavy (non-hydrogen) atoms. The summed E-state index contributed by atoms with van der Waals surface area (Å²) in [6, 6.07) is 9.06. The quantitative estimate of drug-likeness (QED) is 0.697. The Morgan fingerprint density at radius 1 is 0.938 bits per heavy atom. The topological polar surface area (TPSA) is 90.0 Å². The van der Waals surface area contributed by atoms with Crippen LogP contribution in [-0.4, -0.2) is 74.7 Å². The second-order valence-electron chi connectivity index (χ2n) is 7.60. The molecule has 1 N–H and O–H groups in total. The summed E-state index contributed by atoms with van der Waals surface area (Å²) in [7, 11) is -0.869. The number of sulfonamides is 1. The van der Waals surface area contributed by atoms with E-state index in [-0.39, 0.29) is 27.4 Å². The Kier molecular flexibility index (Phi) is 7.34. The monoisotopic (exact) mass is 498 g/mol. The van der Waals surface area contributed by atoms with Crippen LogP contribution in [0.1, 0.15) is 15.9 Å². The molecule has 0 bridgehead atoms. The van der Waals surface area contributed by atoms with Gasteiger partial charge in [-0.25, -0.2) is 17.5 Å². The second kappa shape index (κ2) is 9.66. The Morgan fingerprint density at radius 2 is 1.56 bits per heavy atom. The minimum atomic E-state index is -3.70. The maximum absolute atomic E-state index is 13.0. The first-order valence-electron chi connectivity index (χ1n) is 9.84. The van der Waals surface area contributed by atoms with Crippen molar-refractivity contribution in [1.29, 1.82) is 0 Å². The van der Waals surface area contributed by atoms with E-state index in [0.29, 0.717) is 36.9 Å². The van der Waals surface area contributed by atoms with Crippen molar-refractivity contribution in [3.8, 4) is 0 Å². The standard InChI is InChI=1S/C21H24Cl2N4O4S/c1-14-4-5-15(12-19(14)23)24-21(29)27-10-8-26(9-11-27)20(28)17-13-16(6-7-18(17)22)32(30,31)25(2)3/h4-7,12-13H,8-11H2,1-3H3,(H,24,29). The van der Waals surface area contributed by atoms with Crippen molar-refractivity contribution in [3.05, 3.63) is 57.6 Å². The summed E-state index contributed by atoms with van der Waals surface area (Å²) in [4.78, 5) is 28.7. The minimum Gasteiger partial charge on any atom is -0.335 e. The van der Waals surface area contributed by atoms with E-state index in [9.17, 15) is 18.0 Å². The lowest BCUT2D eigenvalue weighted by molar-refractivity contribution is 0.0671. The Balaban J connectivity index is 1.66. The molecule has 2 aromatic carbocycles. The molecule has 0 aliphatic carbocycles. The number of nitrogens with one attached hydrogen (secondary N) is 1. The van der Waals surface area contributed by atoms with Gasteiger partial charge in [0.1, 0.15) is 0 Å². The molecule has 1 heterocycles. The number of nitrogens with zero attached hydrogens (tertiary/aromatic N) is 3. The molecule has 3 amide bonds. The molecule has 1 saturated heterocycles. The minimum absolute atomic E-state index is 0.00924. The van der Waals surface area contributed by atoms with Gasteiger partial charge < -0.3 is 15.1 Å². The zero-order chi connectivity index (χ0) is 23.6. The van der Waals surface area contributed by atoms with Crippen LogP contribution in [0.2, 0.25) is 10.0 Å². The third-order valence-corrected chi connectivity index (χ3v) is 7.77. The first kappa shape index (κ1) is 24.3. The molecular weight excluding hydrogens is 475 g/mol. The van der Waals surface area contributed by atoms with Crippen molar-refractivity contribution in [3.63, 3.8) is 0 Å². The molecular formula is C21H24Cl2N4O4S. The molecule has 0 atom stereocenters. The summed E-state index contributed by atoms with van der Waals surface area (Å²) in [6.07, 6.45) is 0. The Bertz CT molecular complexity index is 1150. The molecule has 172 valence electrons. The molecule has 0 unspecified atom stereocenters. The molecule has 0 spiro atoms. The first-order chi connectivity index (χ1) is 15.0. The lowest BCUT2D eigenvalue weighted by Gasteiger charge is -2.35. The second-order valence-corrected chi connectivity index (χ2v) is 10.6. The third-order valence-electron chi connectivity index (χ3n) is 5.22. The summed E-state index contributed by atoms with van der Waals surface area (Å²) in [5.41, 5.74) is 1.62. The Hall–Kier alpha value is -2.33. The molecule has 2 aromatic rings. The lowest BCUT2D eigenvalue weighted by Crippen LogP contribution is -2.51. The normalized spacial score (nSPS) is 14.6. The summed E-state index contributed by atoms with van der Waals surface area (Å²) in [6.45, 7) is 3.11. The number of carbonyl (C=O) groups excluding carboxylic acids is 2. The van der Waals surface area contributed by atoms with Gasteiger partial charge in [0.05, 0.1) is 15.5 Å². The molecule has 8 nitrogen and oxygen atoms in total. The number of aryl methyl sites for hydroxylation is 1. The summed E-state index contributed by atoms with van der Waals surface area (Å²) in [5.74, 6) is -0.379. The van der Waals surface area contributed by atoms with Crippen molar-refractivity contribution in [1.82, 2.24) is 14.1 Å². The number of rotatable bonds is 4. The fourth-order valence-corrected chi connectivity index (χ4v) is 4.50.